The minimum atomic E-state index is -0.853. The predicted octanol–water partition coefficient (Wildman–Crippen LogP) is 0.351. The van der Waals surface area contributed by atoms with Crippen molar-refractivity contribution in [2.45, 2.75) is 6.42 Å². The van der Waals surface area contributed by atoms with Crippen molar-refractivity contribution in [2.24, 2.45) is 5.92 Å². The van der Waals surface area contributed by atoms with Crippen molar-refractivity contribution < 1.29 is 14.7 Å². The summed E-state index contributed by atoms with van der Waals surface area (Å²) in [7, 11) is 0. The Hall–Kier alpha value is -0.510. The molecule has 3 nitrogen and oxygen atoms in total. The second kappa shape index (κ2) is 2.39. The van der Waals surface area contributed by atoms with Crippen LogP contribution < -0.4 is 0 Å². The number of hydrogen-bond donors (Lipinski definition) is 1. The lowest BCUT2D eigenvalue weighted by molar-refractivity contribution is -0.141. The third-order valence-electron chi connectivity index (χ3n) is 1.21. The molecule has 0 aromatic rings. The molecule has 0 spiro atoms. The molecule has 0 aromatic carbocycles. The number of carboxylic acids is 1. The average Bonchev–Trinajstić information content (AvgIpc) is 2.14. The fourth-order valence-electron chi connectivity index (χ4n) is 0.671. The van der Waals surface area contributed by atoms with Crippen LogP contribution in [-0.4, -0.2) is 21.9 Å². The topological polar surface area (TPSA) is 54.4 Å². The van der Waals surface area contributed by atoms with Crippen molar-refractivity contribution in [3.8, 4) is 0 Å². The van der Waals surface area contributed by atoms with Crippen molar-refractivity contribution in [2.75, 3.05) is 5.75 Å². The Balaban J connectivity index is 2.48. The summed E-state index contributed by atoms with van der Waals surface area (Å²) in [5.41, 5.74) is 0. The van der Waals surface area contributed by atoms with Crippen LogP contribution in [0.25, 0.3) is 0 Å². The third-order valence-corrected chi connectivity index (χ3v) is 2.27. The van der Waals surface area contributed by atoms with Gasteiger partial charge in [-0.25, -0.2) is 0 Å². The zero-order valence-corrected chi connectivity index (χ0v) is 5.48. The minimum Gasteiger partial charge on any atom is -0.481 e. The summed E-state index contributed by atoms with van der Waals surface area (Å²) < 4.78 is 0. The van der Waals surface area contributed by atoms with Gasteiger partial charge in [0.05, 0.1) is 5.92 Å². The van der Waals surface area contributed by atoms with Crippen LogP contribution in [0.3, 0.4) is 0 Å². The second-order valence-corrected chi connectivity index (χ2v) is 3.00. The van der Waals surface area contributed by atoms with Crippen LogP contribution in [0.5, 0.6) is 0 Å². The molecule has 1 heterocycles. The molecule has 1 rings (SSSR count). The fourth-order valence-corrected chi connectivity index (χ4v) is 1.64. The molecule has 1 saturated heterocycles. The standard InChI is InChI=1S/C5H6O3S/c6-4-1-3(2-9-4)5(7)8/h3H,1-2H2,(H,7,8). The maximum atomic E-state index is 10.5. The van der Waals surface area contributed by atoms with Gasteiger partial charge in [0, 0.05) is 12.2 Å². The van der Waals surface area contributed by atoms with Crippen LogP contribution >= 0.6 is 11.8 Å². The number of carbonyl (C=O) groups is 2. The van der Waals surface area contributed by atoms with Gasteiger partial charge in [0.1, 0.15) is 0 Å². The van der Waals surface area contributed by atoms with Gasteiger partial charge in [-0.1, -0.05) is 11.8 Å². The summed E-state index contributed by atoms with van der Waals surface area (Å²) in [6.07, 6.45) is 0.208. The predicted molar refractivity (Wildman–Crippen MR) is 33.2 cm³/mol. The average molecular weight is 146 g/mol. The Labute approximate surface area is 56.4 Å². The molecule has 1 fully saturated rings. The molecule has 0 radical (unpaired) electrons. The Morgan fingerprint density at radius 2 is 2.44 bits per heavy atom. The van der Waals surface area contributed by atoms with Gasteiger partial charge in [-0.2, -0.15) is 0 Å². The summed E-state index contributed by atoms with van der Waals surface area (Å²) >= 11 is 1.11. The van der Waals surface area contributed by atoms with Crippen molar-refractivity contribution >= 4 is 22.8 Å². The molecule has 1 N–H and O–H groups in total. The Morgan fingerprint density at radius 1 is 1.78 bits per heavy atom. The third kappa shape index (κ3) is 1.45. The zero-order chi connectivity index (χ0) is 6.85. The molecule has 0 saturated carbocycles. The monoisotopic (exact) mass is 146 g/mol. The van der Waals surface area contributed by atoms with E-state index in [9.17, 15) is 9.59 Å². The molecule has 0 aliphatic carbocycles. The molecule has 1 aliphatic rings. The summed E-state index contributed by atoms with van der Waals surface area (Å²) in [6, 6.07) is 0. The quantitative estimate of drug-likeness (QED) is 0.580. The van der Waals surface area contributed by atoms with E-state index in [0.29, 0.717) is 5.75 Å². The molecule has 1 atom stereocenters. The summed E-state index contributed by atoms with van der Waals surface area (Å²) in [5, 5.41) is 8.37. The van der Waals surface area contributed by atoms with Gasteiger partial charge in [-0.3, -0.25) is 9.59 Å². The first-order chi connectivity index (χ1) is 4.20. The maximum absolute atomic E-state index is 10.5. The lowest BCUT2D eigenvalue weighted by atomic mass is 10.1. The second-order valence-electron chi connectivity index (χ2n) is 1.92. The molecule has 0 bridgehead atoms. The molecule has 1 aliphatic heterocycles. The highest BCUT2D eigenvalue weighted by Gasteiger charge is 2.28. The Bertz CT molecular complexity index is 154. The van der Waals surface area contributed by atoms with E-state index in [1.165, 1.54) is 0 Å². The zero-order valence-electron chi connectivity index (χ0n) is 4.66. The summed E-state index contributed by atoms with van der Waals surface area (Å²) in [6.45, 7) is 0. The summed E-state index contributed by atoms with van der Waals surface area (Å²) in [4.78, 5) is 20.6. The van der Waals surface area contributed by atoms with E-state index in [1.54, 1.807) is 0 Å². The first-order valence-corrected chi connectivity index (χ1v) is 3.57. The molecule has 0 aromatic heterocycles. The number of thioether (sulfide) groups is 1. The molecular weight excluding hydrogens is 140 g/mol. The molecule has 0 amide bonds. The molecule has 4 heteroatoms. The van der Waals surface area contributed by atoms with Crippen LogP contribution in [0, 0.1) is 5.92 Å². The van der Waals surface area contributed by atoms with Gasteiger partial charge in [-0.05, 0) is 0 Å². The number of carboxylic acid groups (broad SMARTS) is 1. The van der Waals surface area contributed by atoms with E-state index in [1.807, 2.05) is 0 Å². The first kappa shape index (κ1) is 6.61. The Morgan fingerprint density at radius 3 is 2.67 bits per heavy atom. The normalized spacial score (nSPS) is 26.7. The van der Waals surface area contributed by atoms with Gasteiger partial charge in [0.2, 0.25) is 0 Å². The molecule has 1 unspecified atom stereocenters. The Kier molecular flexibility index (Phi) is 1.75. The van der Waals surface area contributed by atoms with Crippen molar-refractivity contribution in [1.29, 1.82) is 0 Å². The minimum absolute atomic E-state index is 0.00222. The van der Waals surface area contributed by atoms with Crippen LogP contribution in [0.2, 0.25) is 0 Å². The van der Waals surface area contributed by atoms with Crippen molar-refractivity contribution in [1.82, 2.24) is 0 Å². The fraction of sp³-hybridized carbons (Fsp3) is 0.600. The first-order valence-electron chi connectivity index (χ1n) is 2.58. The van der Waals surface area contributed by atoms with E-state index in [-0.39, 0.29) is 11.5 Å². The maximum Gasteiger partial charge on any atom is 0.307 e. The lowest BCUT2D eigenvalue weighted by Crippen LogP contribution is -2.11. The smallest absolute Gasteiger partial charge is 0.307 e. The van der Waals surface area contributed by atoms with E-state index in [2.05, 4.69) is 0 Å². The SMILES string of the molecule is O=C1CC(C(=O)O)CS1. The van der Waals surface area contributed by atoms with Crippen LogP contribution in [-0.2, 0) is 9.59 Å². The van der Waals surface area contributed by atoms with Gasteiger partial charge >= 0.3 is 5.97 Å². The van der Waals surface area contributed by atoms with Crippen LogP contribution in [0.15, 0.2) is 0 Å². The number of aliphatic carboxylic acids is 1. The highest BCUT2D eigenvalue weighted by Crippen LogP contribution is 2.24. The number of rotatable bonds is 1. The van der Waals surface area contributed by atoms with Crippen LogP contribution in [0.4, 0.5) is 0 Å². The van der Waals surface area contributed by atoms with Crippen molar-refractivity contribution in [3.05, 3.63) is 0 Å². The van der Waals surface area contributed by atoms with E-state index in [0.717, 1.165) is 11.8 Å². The van der Waals surface area contributed by atoms with Crippen LogP contribution in [0.1, 0.15) is 6.42 Å². The van der Waals surface area contributed by atoms with Gasteiger partial charge in [0.15, 0.2) is 5.12 Å². The molecular formula is C5H6O3S. The number of hydrogen-bond acceptors (Lipinski definition) is 3. The summed E-state index contributed by atoms with van der Waals surface area (Å²) in [5.74, 6) is -0.829. The number of carbonyl (C=O) groups excluding carboxylic acids is 1. The highest BCUT2D eigenvalue weighted by molar-refractivity contribution is 8.14. The van der Waals surface area contributed by atoms with E-state index >= 15 is 0 Å². The molecule has 50 valence electrons. The lowest BCUT2D eigenvalue weighted by Gasteiger charge is -1.95. The van der Waals surface area contributed by atoms with Crippen molar-refractivity contribution in [3.63, 3.8) is 0 Å². The van der Waals surface area contributed by atoms with Gasteiger partial charge in [0.25, 0.3) is 0 Å². The molecule has 9 heavy (non-hydrogen) atoms. The highest BCUT2D eigenvalue weighted by atomic mass is 32.2. The van der Waals surface area contributed by atoms with E-state index < -0.39 is 11.9 Å². The van der Waals surface area contributed by atoms with E-state index in [4.69, 9.17) is 5.11 Å². The largest absolute Gasteiger partial charge is 0.481 e. The van der Waals surface area contributed by atoms with Gasteiger partial charge in [-0.15, -0.1) is 0 Å². The van der Waals surface area contributed by atoms with Gasteiger partial charge < -0.3 is 5.11 Å².